The molecule has 2 atom stereocenters. The van der Waals surface area contributed by atoms with E-state index in [0.717, 1.165) is 10.0 Å². The first-order valence-electron chi connectivity index (χ1n) is 7.19. The fraction of sp³-hybridized carbons (Fsp3) is 0.222. The van der Waals surface area contributed by atoms with Crippen LogP contribution in [0, 0.1) is 0 Å². The number of carbonyl (C=O) groups excluding carboxylic acids is 1. The molecule has 3 nitrogen and oxygen atoms in total. The fourth-order valence-corrected chi connectivity index (χ4v) is 3.17. The van der Waals surface area contributed by atoms with Crippen molar-refractivity contribution in [2.75, 3.05) is 0 Å². The van der Waals surface area contributed by atoms with Gasteiger partial charge in [0.05, 0.1) is 0 Å². The van der Waals surface area contributed by atoms with E-state index >= 15 is 0 Å². The maximum absolute atomic E-state index is 12.9. The lowest BCUT2D eigenvalue weighted by Gasteiger charge is -2.27. The summed E-state index contributed by atoms with van der Waals surface area (Å²) in [6.45, 7) is 3.68. The molecular weight excluding hydrogens is 378 g/mol. The topological polar surface area (TPSA) is 38.7 Å². The average Bonchev–Trinajstić information content (AvgIpc) is 2.84. The first-order chi connectivity index (χ1) is 10.9. The zero-order valence-electron chi connectivity index (χ0n) is 12.7. The number of ether oxygens (including phenoxy) is 1. The van der Waals surface area contributed by atoms with Gasteiger partial charge >= 0.3 is 0 Å². The minimum Gasteiger partial charge on any atom is -0.467 e. The number of Topliss-reactive ketones (excluding diaryl/α,β-unsaturated/α-hetero) is 1. The van der Waals surface area contributed by atoms with Gasteiger partial charge in [-0.3, -0.25) is 4.79 Å². The predicted octanol–water partition coefficient (Wildman–Crippen LogP) is 5.02. The Bertz CT molecular complexity index is 771. The van der Waals surface area contributed by atoms with E-state index in [1.807, 2.05) is 31.2 Å². The van der Waals surface area contributed by atoms with Crippen molar-refractivity contribution in [3.8, 4) is 0 Å². The molecule has 0 spiro atoms. The molecule has 0 saturated heterocycles. The summed E-state index contributed by atoms with van der Waals surface area (Å²) in [6, 6.07) is 14.6. The van der Waals surface area contributed by atoms with Crippen molar-refractivity contribution in [2.24, 2.45) is 4.99 Å². The van der Waals surface area contributed by atoms with E-state index in [1.54, 1.807) is 31.2 Å². The van der Waals surface area contributed by atoms with E-state index in [2.05, 4.69) is 20.9 Å². The van der Waals surface area contributed by atoms with Gasteiger partial charge in [-0.25, -0.2) is 4.99 Å². The molecule has 0 saturated carbocycles. The van der Waals surface area contributed by atoms with Gasteiger partial charge in [0.15, 0.2) is 12.0 Å². The molecule has 1 heterocycles. The van der Waals surface area contributed by atoms with Crippen molar-refractivity contribution in [2.45, 2.75) is 25.5 Å². The Balaban J connectivity index is 1.99. The highest BCUT2D eigenvalue weighted by molar-refractivity contribution is 9.10. The van der Waals surface area contributed by atoms with Crippen molar-refractivity contribution in [3.05, 3.63) is 69.2 Å². The molecule has 0 radical (unpaired) electrons. The summed E-state index contributed by atoms with van der Waals surface area (Å²) in [5.74, 6) is 0.425. The maximum Gasteiger partial charge on any atom is 0.206 e. The van der Waals surface area contributed by atoms with Crippen LogP contribution < -0.4 is 0 Å². The summed E-state index contributed by atoms with van der Waals surface area (Å²) in [5, 5.41) is 0.646. The fourth-order valence-electron chi connectivity index (χ4n) is 2.77. The maximum atomic E-state index is 12.9. The summed E-state index contributed by atoms with van der Waals surface area (Å²) >= 11 is 9.34. The van der Waals surface area contributed by atoms with Gasteiger partial charge in [0.25, 0.3) is 0 Å². The number of hydrogen-bond acceptors (Lipinski definition) is 3. The third-order valence-electron chi connectivity index (χ3n) is 3.98. The van der Waals surface area contributed by atoms with Crippen LogP contribution in [0.2, 0.25) is 5.02 Å². The molecular formula is C18H15BrClNO2. The number of nitrogens with zero attached hydrogens (tertiary/aromatic N) is 1. The molecule has 23 heavy (non-hydrogen) atoms. The molecule has 3 rings (SSSR count). The van der Waals surface area contributed by atoms with Crippen molar-refractivity contribution < 1.29 is 9.53 Å². The summed E-state index contributed by atoms with van der Waals surface area (Å²) in [4.78, 5) is 17.5. The molecule has 118 valence electrons. The predicted molar refractivity (Wildman–Crippen MR) is 95.3 cm³/mol. The van der Waals surface area contributed by atoms with Crippen LogP contribution >= 0.6 is 27.5 Å². The van der Waals surface area contributed by atoms with Crippen molar-refractivity contribution in [1.29, 1.82) is 0 Å². The highest BCUT2D eigenvalue weighted by Gasteiger charge is 2.47. The first kappa shape index (κ1) is 16.2. The van der Waals surface area contributed by atoms with Crippen molar-refractivity contribution in [3.63, 3.8) is 0 Å². The SMILES string of the molecule is CC1=NC(C)(c2ccc(Cl)cc2)C(C(=O)c2ccc(Br)cc2)O1. The van der Waals surface area contributed by atoms with Gasteiger partial charge in [-0.05, 0) is 36.8 Å². The quantitative estimate of drug-likeness (QED) is 0.688. The van der Waals surface area contributed by atoms with Gasteiger partial charge in [-0.1, -0.05) is 51.8 Å². The van der Waals surface area contributed by atoms with Crippen LogP contribution in [0.25, 0.3) is 0 Å². The van der Waals surface area contributed by atoms with Crippen LogP contribution in [0.3, 0.4) is 0 Å². The van der Waals surface area contributed by atoms with Gasteiger partial charge in [0.2, 0.25) is 5.78 Å². The summed E-state index contributed by atoms with van der Waals surface area (Å²) in [7, 11) is 0. The number of ketones is 1. The number of carbonyl (C=O) groups is 1. The van der Waals surface area contributed by atoms with Crippen LogP contribution in [0.5, 0.6) is 0 Å². The molecule has 2 aromatic carbocycles. The largest absolute Gasteiger partial charge is 0.467 e. The van der Waals surface area contributed by atoms with Crippen LogP contribution in [-0.4, -0.2) is 17.8 Å². The highest BCUT2D eigenvalue weighted by Crippen LogP contribution is 2.38. The second-order valence-corrected chi connectivity index (χ2v) is 7.01. The number of benzene rings is 2. The van der Waals surface area contributed by atoms with Crippen LogP contribution in [-0.2, 0) is 10.3 Å². The zero-order chi connectivity index (χ0) is 16.6. The van der Waals surface area contributed by atoms with Crippen molar-refractivity contribution in [1.82, 2.24) is 0 Å². The Kier molecular flexibility index (Phi) is 4.30. The van der Waals surface area contributed by atoms with E-state index in [4.69, 9.17) is 16.3 Å². The third kappa shape index (κ3) is 3.06. The lowest BCUT2D eigenvalue weighted by molar-refractivity contribution is 0.0692. The average molecular weight is 393 g/mol. The summed E-state index contributed by atoms with van der Waals surface area (Å²) in [5.41, 5.74) is 0.733. The van der Waals surface area contributed by atoms with Gasteiger partial charge < -0.3 is 4.74 Å². The van der Waals surface area contributed by atoms with E-state index in [1.165, 1.54) is 0 Å². The lowest BCUT2D eigenvalue weighted by atomic mass is 9.83. The standard InChI is InChI=1S/C18H15BrClNO2/c1-11-21-18(2,13-5-9-15(20)10-6-13)17(23-11)16(22)12-3-7-14(19)8-4-12/h3-10,17H,1-2H3. The van der Waals surface area contributed by atoms with Gasteiger partial charge in [-0.2, -0.15) is 0 Å². The Morgan fingerprint density at radius 1 is 1.17 bits per heavy atom. The normalized spacial score (nSPS) is 23.3. The monoisotopic (exact) mass is 391 g/mol. The number of rotatable bonds is 3. The highest BCUT2D eigenvalue weighted by atomic mass is 79.9. The van der Waals surface area contributed by atoms with Gasteiger partial charge in [0, 0.05) is 22.0 Å². The molecule has 0 N–H and O–H groups in total. The third-order valence-corrected chi connectivity index (χ3v) is 4.76. The van der Waals surface area contributed by atoms with E-state index in [9.17, 15) is 4.79 Å². The molecule has 1 aliphatic rings. The number of aliphatic imine (C=N–C) groups is 1. The van der Waals surface area contributed by atoms with E-state index < -0.39 is 11.6 Å². The minimum absolute atomic E-state index is 0.0875. The summed E-state index contributed by atoms with van der Waals surface area (Å²) in [6.07, 6.45) is -0.690. The van der Waals surface area contributed by atoms with Crippen LogP contribution in [0.4, 0.5) is 0 Å². The van der Waals surface area contributed by atoms with Gasteiger partial charge in [0.1, 0.15) is 5.54 Å². The molecule has 0 amide bonds. The molecule has 2 aromatic rings. The molecule has 0 aromatic heterocycles. The minimum atomic E-state index is -0.765. The van der Waals surface area contributed by atoms with Crippen molar-refractivity contribution >= 4 is 39.2 Å². The Morgan fingerprint density at radius 3 is 2.39 bits per heavy atom. The summed E-state index contributed by atoms with van der Waals surface area (Å²) < 4.78 is 6.69. The molecule has 2 unspecified atom stereocenters. The molecule has 0 fully saturated rings. The van der Waals surface area contributed by atoms with Crippen LogP contribution in [0.15, 0.2) is 58.0 Å². The first-order valence-corrected chi connectivity index (χ1v) is 8.36. The zero-order valence-corrected chi connectivity index (χ0v) is 15.1. The second kappa shape index (κ2) is 6.10. The van der Waals surface area contributed by atoms with Crippen LogP contribution in [0.1, 0.15) is 29.8 Å². The Hall–Kier alpha value is -1.65. The molecule has 5 heteroatoms. The van der Waals surface area contributed by atoms with E-state index in [0.29, 0.717) is 16.5 Å². The molecule has 0 aliphatic carbocycles. The number of halogens is 2. The second-order valence-electron chi connectivity index (χ2n) is 5.65. The number of hydrogen-bond donors (Lipinski definition) is 0. The van der Waals surface area contributed by atoms with Gasteiger partial charge in [-0.15, -0.1) is 0 Å². The Morgan fingerprint density at radius 2 is 1.78 bits per heavy atom. The molecule has 1 aliphatic heterocycles. The Labute approximate surface area is 148 Å². The molecule has 0 bridgehead atoms. The smallest absolute Gasteiger partial charge is 0.206 e. The van der Waals surface area contributed by atoms with E-state index in [-0.39, 0.29) is 5.78 Å². The lowest BCUT2D eigenvalue weighted by Crippen LogP contribution is -2.39.